The summed E-state index contributed by atoms with van der Waals surface area (Å²) in [6, 6.07) is 19.7. The van der Waals surface area contributed by atoms with E-state index in [9.17, 15) is 17.6 Å². The lowest BCUT2D eigenvalue weighted by Crippen LogP contribution is -2.36. The van der Waals surface area contributed by atoms with E-state index in [1.54, 1.807) is 36.3 Å². The lowest BCUT2D eigenvalue weighted by molar-refractivity contribution is -0.134. The summed E-state index contributed by atoms with van der Waals surface area (Å²) in [4.78, 5) is 14.1. The summed E-state index contributed by atoms with van der Waals surface area (Å²) in [7, 11) is -2.54. The number of amides is 1. The zero-order valence-corrected chi connectivity index (χ0v) is 18.8. The molecule has 1 amide bonds. The van der Waals surface area contributed by atoms with E-state index in [0.29, 0.717) is 18.9 Å². The number of hydrogen-bond acceptors (Lipinski definition) is 6. The zero-order chi connectivity index (χ0) is 23.7. The molecule has 7 nitrogen and oxygen atoms in total. The Morgan fingerprint density at radius 1 is 0.909 bits per heavy atom. The fourth-order valence-electron chi connectivity index (χ4n) is 2.89. The molecule has 174 valence electrons. The SMILES string of the molecule is COCCN(Cc1ccc(OS(=O)(=O)c2ccc(F)cc2)cc1)C(=O)COc1ccccc1. The van der Waals surface area contributed by atoms with Gasteiger partial charge in [-0.05, 0) is 54.1 Å². The molecule has 0 saturated carbocycles. The number of carbonyl (C=O) groups excluding carboxylic acids is 1. The summed E-state index contributed by atoms with van der Waals surface area (Å²) in [5.74, 6) is -0.0539. The number of rotatable bonds is 11. The Hall–Kier alpha value is -3.43. The molecule has 0 saturated heterocycles. The topological polar surface area (TPSA) is 82.1 Å². The molecule has 0 N–H and O–H groups in total. The van der Waals surface area contributed by atoms with Crippen LogP contribution < -0.4 is 8.92 Å². The minimum absolute atomic E-state index is 0.102. The van der Waals surface area contributed by atoms with Crippen LogP contribution in [0.4, 0.5) is 4.39 Å². The number of methoxy groups -OCH3 is 1. The van der Waals surface area contributed by atoms with Gasteiger partial charge in [-0.2, -0.15) is 8.42 Å². The minimum Gasteiger partial charge on any atom is -0.484 e. The van der Waals surface area contributed by atoms with E-state index < -0.39 is 15.9 Å². The van der Waals surface area contributed by atoms with Crippen molar-refractivity contribution in [2.24, 2.45) is 0 Å². The fraction of sp³-hybridized carbons (Fsp3) is 0.208. The predicted octanol–water partition coefficient (Wildman–Crippen LogP) is 3.65. The molecule has 0 aliphatic heterocycles. The second-order valence-corrected chi connectivity index (χ2v) is 8.59. The van der Waals surface area contributed by atoms with E-state index in [2.05, 4.69) is 0 Å². The van der Waals surface area contributed by atoms with Gasteiger partial charge in [-0.15, -0.1) is 0 Å². The second kappa shape index (κ2) is 11.4. The van der Waals surface area contributed by atoms with E-state index >= 15 is 0 Å². The molecular weight excluding hydrogens is 449 g/mol. The highest BCUT2D eigenvalue weighted by molar-refractivity contribution is 7.87. The largest absolute Gasteiger partial charge is 0.484 e. The maximum atomic E-state index is 13.0. The van der Waals surface area contributed by atoms with E-state index in [1.807, 2.05) is 18.2 Å². The van der Waals surface area contributed by atoms with Crippen molar-refractivity contribution in [3.63, 3.8) is 0 Å². The van der Waals surface area contributed by atoms with Crippen molar-refractivity contribution >= 4 is 16.0 Å². The zero-order valence-electron chi connectivity index (χ0n) is 18.0. The van der Waals surface area contributed by atoms with Crippen LogP contribution in [0.25, 0.3) is 0 Å². The maximum Gasteiger partial charge on any atom is 0.339 e. The number of para-hydroxylation sites is 1. The Morgan fingerprint density at radius 2 is 1.58 bits per heavy atom. The molecule has 0 aromatic heterocycles. The van der Waals surface area contributed by atoms with Gasteiger partial charge >= 0.3 is 10.1 Å². The van der Waals surface area contributed by atoms with Crippen molar-refractivity contribution in [1.29, 1.82) is 0 Å². The molecule has 0 atom stereocenters. The van der Waals surface area contributed by atoms with Gasteiger partial charge in [0.2, 0.25) is 0 Å². The van der Waals surface area contributed by atoms with Crippen molar-refractivity contribution in [3.8, 4) is 11.5 Å². The first-order valence-electron chi connectivity index (χ1n) is 10.1. The third-order valence-corrected chi connectivity index (χ3v) is 5.89. The van der Waals surface area contributed by atoms with Crippen molar-refractivity contribution in [2.75, 3.05) is 26.9 Å². The molecule has 33 heavy (non-hydrogen) atoms. The fourth-order valence-corrected chi connectivity index (χ4v) is 3.82. The highest BCUT2D eigenvalue weighted by atomic mass is 32.2. The average Bonchev–Trinajstić information content (AvgIpc) is 2.82. The Labute approximate surface area is 192 Å². The third-order valence-electron chi connectivity index (χ3n) is 4.63. The summed E-state index contributed by atoms with van der Waals surface area (Å²) < 4.78 is 53.5. The molecule has 9 heteroatoms. The van der Waals surface area contributed by atoms with E-state index in [-0.39, 0.29) is 29.7 Å². The monoisotopic (exact) mass is 473 g/mol. The molecule has 0 aliphatic carbocycles. The molecule has 3 aromatic rings. The minimum atomic E-state index is -4.09. The van der Waals surface area contributed by atoms with Crippen LogP contribution >= 0.6 is 0 Å². The lowest BCUT2D eigenvalue weighted by Gasteiger charge is -2.23. The number of benzene rings is 3. The Kier molecular flexibility index (Phi) is 8.39. The summed E-state index contributed by atoms with van der Waals surface area (Å²) in [6.07, 6.45) is 0. The quantitative estimate of drug-likeness (QED) is 0.396. The summed E-state index contributed by atoms with van der Waals surface area (Å²) in [5, 5.41) is 0. The van der Waals surface area contributed by atoms with Crippen LogP contribution in [-0.2, 0) is 26.2 Å². The first-order chi connectivity index (χ1) is 15.9. The smallest absolute Gasteiger partial charge is 0.339 e. The molecule has 3 rings (SSSR count). The van der Waals surface area contributed by atoms with E-state index in [4.69, 9.17) is 13.7 Å². The van der Waals surface area contributed by atoms with Crippen LogP contribution in [0.2, 0.25) is 0 Å². The highest BCUT2D eigenvalue weighted by Crippen LogP contribution is 2.20. The van der Waals surface area contributed by atoms with Gasteiger partial charge in [-0.1, -0.05) is 30.3 Å². The van der Waals surface area contributed by atoms with Crippen LogP contribution in [0.5, 0.6) is 11.5 Å². The van der Waals surface area contributed by atoms with Gasteiger partial charge < -0.3 is 18.6 Å². The Bertz CT molecular complexity index is 1140. The molecule has 0 unspecified atom stereocenters. The third kappa shape index (κ3) is 7.30. The van der Waals surface area contributed by atoms with Gasteiger partial charge in [0.25, 0.3) is 5.91 Å². The van der Waals surface area contributed by atoms with Gasteiger partial charge in [0.05, 0.1) is 6.61 Å². The molecule has 0 radical (unpaired) electrons. The van der Waals surface area contributed by atoms with Gasteiger partial charge in [0.15, 0.2) is 6.61 Å². The number of carbonyl (C=O) groups is 1. The summed E-state index contributed by atoms with van der Waals surface area (Å²) >= 11 is 0. The molecule has 0 fully saturated rings. The van der Waals surface area contributed by atoms with Crippen LogP contribution in [-0.4, -0.2) is 46.1 Å². The molecule has 0 bridgehead atoms. The van der Waals surface area contributed by atoms with Crippen LogP contribution in [0, 0.1) is 5.82 Å². The average molecular weight is 474 g/mol. The van der Waals surface area contributed by atoms with Crippen molar-refractivity contribution < 1.29 is 31.3 Å². The first-order valence-corrected chi connectivity index (χ1v) is 11.5. The Balaban J connectivity index is 1.63. The van der Waals surface area contributed by atoms with Gasteiger partial charge in [0, 0.05) is 20.2 Å². The van der Waals surface area contributed by atoms with Crippen LogP contribution in [0.1, 0.15) is 5.56 Å². The van der Waals surface area contributed by atoms with Gasteiger partial charge in [0.1, 0.15) is 22.2 Å². The Morgan fingerprint density at radius 3 is 2.21 bits per heavy atom. The van der Waals surface area contributed by atoms with Crippen molar-refractivity contribution in [3.05, 3.63) is 90.2 Å². The van der Waals surface area contributed by atoms with Gasteiger partial charge in [-0.25, -0.2) is 4.39 Å². The number of halogens is 1. The van der Waals surface area contributed by atoms with Crippen LogP contribution in [0.15, 0.2) is 83.8 Å². The molecule has 0 aliphatic rings. The first kappa shape index (κ1) is 24.2. The highest BCUT2D eigenvalue weighted by Gasteiger charge is 2.18. The van der Waals surface area contributed by atoms with E-state index in [1.165, 1.54) is 12.1 Å². The summed E-state index contributed by atoms with van der Waals surface area (Å²) in [6.45, 7) is 0.884. The van der Waals surface area contributed by atoms with Crippen molar-refractivity contribution in [2.45, 2.75) is 11.4 Å². The molecule has 0 heterocycles. The van der Waals surface area contributed by atoms with Crippen LogP contribution in [0.3, 0.4) is 0 Å². The predicted molar refractivity (Wildman–Crippen MR) is 120 cm³/mol. The molecule has 3 aromatic carbocycles. The number of hydrogen-bond donors (Lipinski definition) is 0. The molecule has 0 spiro atoms. The lowest BCUT2D eigenvalue weighted by atomic mass is 10.2. The number of nitrogens with zero attached hydrogens (tertiary/aromatic N) is 1. The normalized spacial score (nSPS) is 11.1. The van der Waals surface area contributed by atoms with Gasteiger partial charge in [-0.3, -0.25) is 4.79 Å². The molecular formula is C24H24FNO6S. The number of ether oxygens (including phenoxy) is 2. The van der Waals surface area contributed by atoms with E-state index in [0.717, 1.165) is 29.8 Å². The summed E-state index contributed by atoms with van der Waals surface area (Å²) in [5.41, 5.74) is 0.769. The van der Waals surface area contributed by atoms with Crippen molar-refractivity contribution in [1.82, 2.24) is 4.90 Å². The standard InChI is InChI=1S/C24H24FNO6S/c1-30-16-15-26(24(27)18-31-21-5-3-2-4-6-21)17-19-7-11-22(12-8-19)32-33(28,29)23-13-9-20(25)10-14-23/h2-14H,15-18H2,1H3. The second-order valence-electron chi connectivity index (χ2n) is 7.05. The maximum absolute atomic E-state index is 13.0.